The molecule has 0 radical (unpaired) electrons. The SMILES string of the molecule is Cc1cc(C(=O)Nc2ccc(S(=O)(=O)N3CCN(c4nc(C)cc(C#N)n4)CC3)nn2)c(N(C)S(C)(=O)=O)nn1. The van der Waals surface area contributed by atoms with Crippen LogP contribution in [0.1, 0.15) is 27.4 Å². The number of nitriles is 1. The second-order valence-corrected chi connectivity index (χ2v) is 12.8. The van der Waals surface area contributed by atoms with Crippen molar-refractivity contribution in [2.45, 2.75) is 18.9 Å². The first-order chi connectivity index (χ1) is 18.8. The number of carbonyl (C=O) groups is 1. The molecule has 1 N–H and O–H groups in total. The fraction of sp³-hybridized carbons (Fsp3) is 0.364. The van der Waals surface area contributed by atoms with Crippen molar-refractivity contribution in [1.29, 1.82) is 5.26 Å². The highest BCUT2D eigenvalue weighted by Crippen LogP contribution is 2.21. The molecule has 0 spiro atoms. The lowest BCUT2D eigenvalue weighted by atomic mass is 10.2. The number of hydrogen-bond acceptors (Lipinski definition) is 13. The van der Waals surface area contributed by atoms with Crippen molar-refractivity contribution in [1.82, 2.24) is 34.7 Å². The fourth-order valence-electron chi connectivity index (χ4n) is 3.76. The standard InChI is InChI=1S/C22H25N11O5S2/c1-14-11-16(13-23)25-22(24-14)32-7-9-33(10-8-32)40(37,38)19-6-5-18(28-29-19)26-21(34)17-12-15(2)27-30-20(17)31(3)39(4,35)36/h5-6,11-12H,7-10H2,1-4H3,(H,26,28,34). The van der Waals surface area contributed by atoms with Gasteiger partial charge in [-0.3, -0.25) is 9.10 Å². The largest absolute Gasteiger partial charge is 0.338 e. The van der Waals surface area contributed by atoms with Gasteiger partial charge in [-0.2, -0.15) is 14.7 Å². The van der Waals surface area contributed by atoms with Crippen molar-refractivity contribution >= 4 is 43.5 Å². The number of hydrogen-bond donors (Lipinski definition) is 1. The highest BCUT2D eigenvalue weighted by atomic mass is 32.2. The topological polar surface area (TPSA) is 208 Å². The Kier molecular flexibility index (Phi) is 7.91. The number of anilines is 3. The van der Waals surface area contributed by atoms with Gasteiger partial charge >= 0.3 is 0 Å². The van der Waals surface area contributed by atoms with Gasteiger partial charge in [-0.1, -0.05) is 0 Å². The molecule has 4 heterocycles. The van der Waals surface area contributed by atoms with Crippen LogP contribution in [-0.4, -0.2) is 96.9 Å². The van der Waals surface area contributed by atoms with Gasteiger partial charge in [-0.05, 0) is 38.1 Å². The summed E-state index contributed by atoms with van der Waals surface area (Å²) in [6, 6.07) is 7.41. The minimum Gasteiger partial charge on any atom is -0.338 e. The summed E-state index contributed by atoms with van der Waals surface area (Å²) in [6.07, 6.45) is 0.960. The summed E-state index contributed by atoms with van der Waals surface area (Å²) in [4.78, 5) is 23.3. The summed E-state index contributed by atoms with van der Waals surface area (Å²) < 4.78 is 52.3. The van der Waals surface area contributed by atoms with Crippen LogP contribution in [0.15, 0.2) is 29.3 Å². The van der Waals surface area contributed by atoms with Crippen LogP contribution in [0.3, 0.4) is 0 Å². The molecule has 1 aliphatic heterocycles. The quantitative estimate of drug-likeness (QED) is 0.377. The maximum Gasteiger partial charge on any atom is 0.262 e. The summed E-state index contributed by atoms with van der Waals surface area (Å²) in [7, 11) is -6.48. The van der Waals surface area contributed by atoms with Gasteiger partial charge in [0.1, 0.15) is 11.8 Å². The zero-order valence-electron chi connectivity index (χ0n) is 22.0. The predicted molar refractivity (Wildman–Crippen MR) is 142 cm³/mol. The van der Waals surface area contributed by atoms with Gasteiger partial charge in [0.25, 0.3) is 15.9 Å². The van der Waals surface area contributed by atoms with Gasteiger partial charge in [0.15, 0.2) is 16.7 Å². The number of nitrogens with zero attached hydrogens (tertiary/aromatic N) is 10. The Hall–Kier alpha value is -4.34. The lowest BCUT2D eigenvalue weighted by Crippen LogP contribution is -2.49. The second-order valence-electron chi connectivity index (χ2n) is 8.86. The van der Waals surface area contributed by atoms with Crippen LogP contribution in [0.5, 0.6) is 0 Å². The average molecular weight is 588 g/mol. The predicted octanol–water partition coefficient (Wildman–Crippen LogP) is -0.296. The third kappa shape index (κ3) is 6.11. The van der Waals surface area contributed by atoms with E-state index < -0.39 is 26.0 Å². The molecular weight excluding hydrogens is 562 g/mol. The fourth-order valence-corrected chi connectivity index (χ4v) is 5.50. The Morgan fingerprint density at radius 1 is 0.975 bits per heavy atom. The smallest absolute Gasteiger partial charge is 0.262 e. The van der Waals surface area contributed by atoms with Crippen LogP contribution in [0, 0.1) is 25.2 Å². The third-order valence-electron chi connectivity index (χ3n) is 5.90. The van der Waals surface area contributed by atoms with E-state index in [2.05, 4.69) is 35.7 Å². The molecule has 1 aliphatic rings. The molecule has 1 amide bonds. The van der Waals surface area contributed by atoms with E-state index in [1.165, 1.54) is 29.6 Å². The first kappa shape index (κ1) is 28.7. The Morgan fingerprint density at radius 2 is 1.68 bits per heavy atom. The first-order valence-electron chi connectivity index (χ1n) is 11.7. The molecule has 4 rings (SSSR count). The first-order valence-corrected chi connectivity index (χ1v) is 15.0. The van der Waals surface area contributed by atoms with E-state index in [0.29, 0.717) is 30.4 Å². The zero-order valence-corrected chi connectivity index (χ0v) is 23.6. The van der Waals surface area contributed by atoms with Crippen LogP contribution < -0.4 is 14.5 Å². The van der Waals surface area contributed by atoms with Gasteiger partial charge in [-0.25, -0.2) is 26.8 Å². The minimum absolute atomic E-state index is 0.0545. The maximum absolute atomic E-state index is 13.2. The third-order valence-corrected chi connectivity index (χ3v) is 8.86. The summed E-state index contributed by atoms with van der Waals surface area (Å²) in [5, 5.41) is 26.6. The molecule has 0 unspecified atom stereocenters. The Balaban J connectivity index is 1.46. The molecule has 16 nitrogen and oxygen atoms in total. The molecule has 40 heavy (non-hydrogen) atoms. The van der Waals surface area contributed by atoms with E-state index in [-0.39, 0.29) is 41.0 Å². The number of aryl methyl sites for hydroxylation is 2. The second kappa shape index (κ2) is 11.0. The molecule has 0 saturated carbocycles. The summed E-state index contributed by atoms with van der Waals surface area (Å²) in [5.74, 6) is -0.612. The minimum atomic E-state index is -3.99. The van der Waals surface area contributed by atoms with Crippen molar-refractivity contribution in [3.63, 3.8) is 0 Å². The van der Waals surface area contributed by atoms with Crippen molar-refractivity contribution in [2.24, 2.45) is 0 Å². The Labute approximate surface area is 230 Å². The molecule has 210 valence electrons. The number of carbonyl (C=O) groups excluding carboxylic acids is 1. The van der Waals surface area contributed by atoms with E-state index in [1.807, 2.05) is 6.07 Å². The molecule has 3 aromatic rings. The molecule has 0 bridgehead atoms. The van der Waals surface area contributed by atoms with Gasteiger partial charge < -0.3 is 10.2 Å². The highest BCUT2D eigenvalue weighted by molar-refractivity contribution is 7.92. The molecular formula is C22H25N11O5S2. The number of piperazine rings is 1. The maximum atomic E-state index is 13.2. The Morgan fingerprint density at radius 3 is 2.27 bits per heavy atom. The van der Waals surface area contributed by atoms with Gasteiger partial charge in [0.2, 0.25) is 16.0 Å². The van der Waals surface area contributed by atoms with E-state index in [9.17, 15) is 21.6 Å². The molecule has 0 aromatic carbocycles. The molecule has 3 aromatic heterocycles. The normalized spacial score (nSPS) is 14.4. The van der Waals surface area contributed by atoms with Gasteiger partial charge in [0.05, 0.1) is 17.5 Å². The molecule has 18 heteroatoms. The zero-order chi connectivity index (χ0) is 29.2. The summed E-state index contributed by atoms with van der Waals surface area (Å²) in [5.41, 5.74) is 1.17. The highest BCUT2D eigenvalue weighted by Gasteiger charge is 2.31. The molecule has 1 saturated heterocycles. The van der Waals surface area contributed by atoms with Crippen LogP contribution in [-0.2, 0) is 20.0 Å². The number of aromatic nitrogens is 6. The number of rotatable bonds is 7. The van der Waals surface area contributed by atoms with Crippen LogP contribution in [0.4, 0.5) is 17.6 Å². The lowest BCUT2D eigenvalue weighted by molar-refractivity contribution is 0.102. The monoisotopic (exact) mass is 587 g/mol. The Bertz CT molecular complexity index is 1700. The summed E-state index contributed by atoms with van der Waals surface area (Å²) in [6.45, 7) is 4.21. The van der Waals surface area contributed by atoms with E-state index in [0.717, 1.165) is 10.6 Å². The van der Waals surface area contributed by atoms with Crippen molar-refractivity contribution in [2.75, 3.05) is 54.0 Å². The van der Waals surface area contributed by atoms with Crippen molar-refractivity contribution < 1.29 is 21.6 Å². The van der Waals surface area contributed by atoms with Gasteiger partial charge in [0, 0.05) is 38.9 Å². The number of amides is 1. The molecule has 0 aliphatic carbocycles. The van der Waals surface area contributed by atoms with E-state index >= 15 is 0 Å². The van der Waals surface area contributed by atoms with Crippen LogP contribution >= 0.6 is 0 Å². The van der Waals surface area contributed by atoms with Crippen molar-refractivity contribution in [3.8, 4) is 6.07 Å². The molecule has 0 atom stereocenters. The van der Waals surface area contributed by atoms with E-state index in [4.69, 9.17) is 5.26 Å². The summed E-state index contributed by atoms with van der Waals surface area (Å²) >= 11 is 0. The number of nitrogens with one attached hydrogen (secondary N) is 1. The van der Waals surface area contributed by atoms with Crippen LogP contribution in [0.25, 0.3) is 0 Å². The molecule has 1 fully saturated rings. The van der Waals surface area contributed by atoms with Crippen molar-refractivity contribution in [3.05, 3.63) is 46.9 Å². The lowest BCUT2D eigenvalue weighted by Gasteiger charge is -2.33. The number of sulfonamides is 2. The average Bonchev–Trinajstić information content (AvgIpc) is 2.92. The van der Waals surface area contributed by atoms with E-state index in [1.54, 1.807) is 24.8 Å². The van der Waals surface area contributed by atoms with Gasteiger partial charge in [-0.15, -0.1) is 15.3 Å². The van der Waals surface area contributed by atoms with Crippen LogP contribution in [0.2, 0.25) is 0 Å².